The molecule has 1 aliphatic heterocycles. The molecule has 0 bridgehead atoms. The summed E-state index contributed by atoms with van der Waals surface area (Å²) in [6.45, 7) is 5.53. The van der Waals surface area contributed by atoms with E-state index in [9.17, 15) is 13.2 Å². The van der Waals surface area contributed by atoms with E-state index in [2.05, 4.69) is 29.9 Å². The Balaban J connectivity index is 1.41. The molecule has 0 radical (unpaired) electrons. The average Bonchev–Trinajstić information content (AvgIpc) is 3.41. The minimum absolute atomic E-state index is 0.0529. The van der Waals surface area contributed by atoms with E-state index in [1.807, 2.05) is 18.2 Å². The first-order valence-electron chi connectivity index (χ1n) is 12.2. The van der Waals surface area contributed by atoms with Crippen LogP contribution in [0, 0.1) is 5.92 Å². The van der Waals surface area contributed by atoms with Crippen molar-refractivity contribution in [3.05, 3.63) is 58.9 Å². The molecule has 4 heterocycles. The first kappa shape index (κ1) is 24.4. The molecular formula is C25H31N7O3S. The van der Waals surface area contributed by atoms with Crippen molar-refractivity contribution < 1.29 is 8.42 Å². The molecule has 11 heteroatoms. The van der Waals surface area contributed by atoms with E-state index in [-0.39, 0.29) is 16.8 Å². The second-order valence-corrected chi connectivity index (χ2v) is 11.6. The van der Waals surface area contributed by atoms with Gasteiger partial charge in [0.2, 0.25) is 5.16 Å². The van der Waals surface area contributed by atoms with Gasteiger partial charge in [-0.3, -0.25) is 9.13 Å². The van der Waals surface area contributed by atoms with Crippen molar-refractivity contribution in [2.24, 2.45) is 20.0 Å². The number of sulfonamides is 1. The molecule has 0 aliphatic carbocycles. The summed E-state index contributed by atoms with van der Waals surface area (Å²) in [7, 11) is -0.234. The molecule has 0 unspecified atom stereocenters. The van der Waals surface area contributed by atoms with E-state index in [0.29, 0.717) is 55.4 Å². The van der Waals surface area contributed by atoms with Crippen LogP contribution in [0.15, 0.2) is 52.8 Å². The maximum Gasteiger partial charge on any atom is 0.330 e. The minimum Gasteiger partial charge on any atom is -0.324 e. The number of aryl methyl sites for hydroxylation is 2. The molecule has 5 rings (SSSR count). The van der Waals surface area contributed by atoms with Crippen molar-refractivity contribution in [2.45, 2.75) is 44.3 Å². The summed E-state index contributed by atoms with van der Waals surface area (Å²) in [4.78, 5) is 26.6. The van der Waals surface area contributed by atoms with E-state index >= 15 is 0 Å². The molecule has 36 heavy (non-hydrogen) atoms. The average molecular weight is 510 g/mol. The fourth-order valence-corrected chi connectivity index (χ4v) is 6.52. The summed E-state index contributed by atoms with van der Waals surface area (Å²) in [5, 5.41) is 0.0529. The number of benzene rings is 1. The number of piperidine rings is 1. The Hall–Kier alpha value is -3.31. The highest BCUT2D eigenvalue weighted by atomic mass is 32.2. The predicted molar refractivity (Wildman–Crippen MR) is 137 cm³/mol. The Morgan fingerprint density at radius 3 is 2.47 bits per heavy atom. The highest BCUT2D eigenvalue weighted by Crippen LogP contribution is 2.28. The maximum absolute atomic E-state index is 13.1. The van der Waals surface area contributed by atoms with Crippen LogP contribution in [0.5, 0.6) is 0 Å². The van der Waals surface area contributed by atoms with Crippen LogP contribution in [0.4, 0.5) is 0 Å². The third kappa shape index (κ3) is 4.16. The Bertz CT molecular complexity index is 1570. The second-order valence-electron chi connectivity index (χ2n) is 9.76. The van der Waals surface area contributed by atoms with E-state index in [1.165, 1.54) is 15.1 Å². The molecule has 10 nitrogen and oxygen atoms in total. The van der Waals surface area contributed by atoms with Gasteiger partial charge in [0, 0.05) is 51.7 Å². The van der Waals surface area contributed by atoms with Crippen LogP contribution in [-0.4, -0.2) is 54.5 Å². The van der Waals surface area contributed by atoms with Crippen molar-refractivity contribution in [3.8, 4) is 11.4 Å². The molecule has 0 saturated carbocycles. The summed E-state index contributed by atoms with van der Waals surface area (Å²) >= 11 is 0. The zero-order valence-corrected chi connectivity index (χ0v) is 21.8. The number of hydrogen-bond acceptors (Lipinski definition) is 6. The molecule has 0 amide bonds. The van der Waals surface area contributed by atoms with Crippen LogP contribution in [0.25, 0.3) is 22.6 Å². The molecule has 3 aromatic heterocycles. The number of rotatable bonds is 6. The van der Waals surface area contributed by atoms with E-state index < -0.39 is 10.0 Å². The highest BCUT2D eigenvalue weighted by Gasteiger charge is 2.32. The van der Waals surface area contributed by atoms with Crippen molar-refractivity contribution in [1.29, 1.82) is 0 Å². The van der Waals surface area contributed by atoms with Crippen molar-refractivity contribution in [1.82, 2.24) is 33.0 Å². The standard InChI is InChI=1S/C25H31N7O3S/c1-17(2)19-7-5-6-8-20(19)22-27-15-21-23(28-22)32(25(33)30(21)4)16-18-9-12-31(13-10-18)36(34,35)24-26-11-14-29(24)3/h5-8,11,14-15,17-18H,9-10,12-13,16H2,1-4H3. The molecule has 4 aromatic rings. The largest absolute Gasteiger partial charge is 0.330 e. The first-order chi connectivity index (χ1) is 17.2. The quantitative estimate of drug-likeness (QED) is 0.396. The van der Waals surface area contributed by atoms with Gasteiger partial charge in [0.15, 0.2) is 11.5 Å². The molecule has 1 aliphatic rings. The maximum atomic E-state index is 13.1. The van der Waals surface area contributed by atoms with Gasteiger partial charge in [0.25, 0.3) is 10.0 Å². The van der Waals surface area contributed by atoms with Gasteiger partial charge in [0.05, 0.1) is 6.20 Å². The van der Waals surface area contributed by atoms with Gasteiger partial charge in [-0.2, -0.15) is 4.31 Å². The summed E-state index contributed by atoms with van der Waals surface area (Å²) in [5.41, 5.74) is 3.26. The van der Waals surface area contributed by atoms with Crippen LogP contribution >= 0.6 is 0 Å². The smallest absolute Gasteiger partial charge is 0.324 e. The minimum atomic E-state index is -3.64. The third-order valence-electron chi connectivity index (χ3n) is 7.07. The molecule has 190 valence electrons. The van der Waals surface area contributed by atoms with Crippen LogP contribution in [0.2, 0.25) is 0 Å². The SMILES string of the molecule is CC(C)c1ccccc1-c1ncc2c(n1)n(CC1CCN(S(=O)(=O)c3nccn3C)CC1)c(=O)n2C. The fraction of sp³-hybridized carbons (Fsp3) is 0.440. The lowest BCUT2D eigenvalue weighted by Crippen LogP contribution is -2.40. The molecular weight excluding hydrogens is 478 g/mol. The molecule has 1 fully saturated rings. The zero-order valence-electron chi connectivity index (χ0n) is 21.0. The van der Waals surface area contributed by atoms with Crippen molar-refractivity contribution in [3.63, 3.8) is 0 Å². The third-order valence-corrected chi connectivity index (χ3v) is 8.97. The predicted octanol–water partition coefficient (Wildman–Crippen LogP) is 2.75. The van der Waals surface area contributed by atoms with E-state index in [1.54, 1.807) is 35.6 Å². The van der Waals surface area contributed by atoms with Gasteiger partial charge in [-0.1, -0.05) is 38.1 Å². The Morgan fingerprint density at radius 1 is 1.08 bits per heavy atom. The zero-order chi connectivity index (χ0) is 25.6. The lowest BCUT2D eigenvalue weighted by Gasteiger charge is -2.30. The van der Waals surface area contributed by atoms with Gasteiger partial charge >= 0.3 is 5.69 Å². The van der Waals surface area contributed by atoms with Gasteiger partial charge in [-0.15, -0.1) is 0 Å². The summed E-state index contributed by atoms with van der Waals surface area (Å²) in [6.07, 6.45) is 6.14. The summed E-state index contributed by atoms with van der Waals surface area (Å²) in [6, 6.07) is 8.08. The fourth-order valence-electron chi connectivity index (χ4n) is 4.98. The molecule has 1 aromatic carbocycles. The number of fused-ring (bicyclic) bond motifs is 1. The Kier molecular flexibility index (Phi) is 6.29. The number of nitrogens with zero attached hydrogens (tertiary/aromatic N) is 7. The Labute approximate surface area is 210 Å². The van der Waals surface area contributed by atoms with Gasteiger partial charge in [0.1, 0.15) is 5.52 Å². The molecule has 0 N–H and O–H groups in total. The van der Waals surface area contributed by atoms with Crippen LogP contribution in [-0.2, 0) is 30.7 Å². The number of imidazole rings is 2. The highest BCUT2D eigenvalue weighted by molar-refractivity contribution is 7.89. The van der Waals surface area contributed by atoms with Gasteiger partial charge in [-0.25, -0.2) is 28.2 Å². The summed E-state index contributed by atoms with van der Waals surface area (Å²) in [5.74, 6) is 1.07. The number of aromatic nitrogens is 6. The van der Waals surface area contributed by atoms with Crippen LogP contribution < -0.4 is 5.69 Å². The van der Waals surface area contributed by atoms with Gasteiger partial charge in [-0.05, 0) is 30.2 Å². The molecule has 1 saturated heterocycles. The lowest BCUT2D eigenvalue weighted by molar-refractivity contribution is 0.251. The van der Waals surface area contributed by atoms with Gasteiger partial charge < -0.3 is 4.57 Å². The molecule has 0 spiro atoms. The topological polar surface area (TPSA) is 108 Å². The van der Waals surface area contributed by atoms with Crippen LogP contribution in [0.1, 0.15) is 38.2 Å². The normalized spacial score (nSPS) is 15.8. The Morgan fingerprint density at radius 2 is 1.81 bits per heavy atom. The second kappa shape index (κ2) is 9.29. The van der Waals surface area contributed by atoms with Crippen molar-refractivity contribution >= 4 is 21.2 Å². The first-order valence-corrected chi connectivity index (χ1v) is 13.6. The van der Waals surface area contributed by atoms with E-state index in [0.717, 1.165) is 11.1 Å². The monoisotopic (exact) mass is 509 g/mol. The summed E-state index contributed by atoms with van der Waals surface area (Å²) < 4.78 is 32.3. The van der Waals surface area contributed by atoms with E-state index in [4.69, 9.17) is 4.98 Å². The lowest BCUT2D eigenvalue weighted by atomic mass is 9.97. The number of hydrogen-bond donors (Lipinski definition) is 0. The van der Waals surface area contributed by atoms with Crippen LogP contribution in [0.3, 0.4) is 0 Å². The van der Waals surface area contributed by atoms with Crippen molar-refractivity contribution in [2.75, 3.05) is 13.1 Å². The molecule has 0 atom stereocenters.